The zero-order valence-electron chi connectivity index (χ0n) is 16.8. The van der Waals surface area contributed by atoms with Crippen LogP contribution in [0.3, 0.4) is 0 Å². The van der Waals surface area contributed by atoms with Crippen molar-refractivity contribution in [3.8, 4) is 11.5 Å². The predicted molar refractivity (Wildman–Crippen MR) is 102 cm³/mol. The number of amides is 1. The molecule has 0 saturated heterocycles. The smallest absolute Gasteiger partial charge is 0.453 e. The Kier molecular flexibility index (Phi) is 5.81. The largest absolute Gasteiger partial charge is 0.497 e. The first-order chi connectivity index (χ1) is 14.1. The fourth-order valence-corrected chi connectivity index (χ4v) is 3.05. The summed E-state index contributed by atoms with van der Waals surface area (Å²) >= 11 is 0. The highest BCUT2D eigenvalue weighted by Crippen LogP contribution is 2.29. The van der Waals surface area contributed by atoms with Gasteiger partial charge in [-0.05, 0) is 38.0 Å². The number of nitrogens with zero attached hydrogens (tertiary/aromatic N) is 4. The number of anilines is 1. The molecule has 30 heavy (non-hydrogen) atoms. The van der Waals surface area contributed by atoms with Crippen molar-refractivity contribution < 1.29 is 27.4 Å². The monoisotopic (exact) mass is 423 g/mol. The van der Waals surface area contributed by atoms with Crippen LogP contribution in [-0.2, 0) is 17.4 Å². The van der Waals surface area contributed by atoms with E-state index in [0.717, 1.165) is 4.52 Å². The standard InChI is InChI=1S/C19H20F3N5O3/c1-10-13(11(2)27-18(23-10)25-17(26-27)19(20,21)22)6-8-16(28)24-14-9-12(29-3)5-7-15(14)30-4/h5,7,9H,6,8H2,1-4H3,(H,24,28). The van der Waals surface area contributed by atoms with Gasteiger partial charge in [0.2, 0.25) is 5.91 Å². The van der Waals surface area contributed by atoms with Gasteiger partial charge in [0.25, 0.3) is 11.6 Å². The van der Waals surface area contributed by atoms with E-state index in [9.17, 15) is 18.0 Å². The van der Waals surface area contributed by atoms with Gasteiger partial charge in [0.15, 0.2) is 0 Å². The lowest BCUT2D eigenvalue weighted by Crippen LogP contribution is -2.15. The highest BCUT2D eigenvalue weighted by atomic mass is 19.4. The molecule has 0 fully saturated rings. The number of aromatic nitrogens is 4. The van der Waals surface area contributed by atoms with E-state index < -0.39 is 12.0 Å². The van der Waals surface area contributed by atoms with Crippen LogP contribution in [0, 0.1) is 13.8 Å². The molecule has 3 rings (SSSR count). The van der Waals surface area contributed by atoms with Gasteiger partial charge in [-0.15, -0.1) is 5.10 Å². The average Bonchev–Trinajstić information content (AvgIpc) is 3.12. The van der Waals surface area contributed by atoms with Crippen molar-refractivity contribution >= 4 is 17.4 Å². The summed E-state index contributed by atoms with van der Waals surface area (Å²) in [5.74, 6) is -0.653. The molecule has 0 bridgehead atoms. The number of alkyl halides is 3. The molecule has 1 aromatic carbocycles. The van der Waals surface area contributed by atoms with E-state index >= 15 is 0 Å². The number of hydrogen-bond acceptors (Lipinski definition) is 6. The molecule has 0 aliphatic rings. The Morgan fingerprint density at radius 1 is 1.17 bits per heavy atom. The van der Waals surface area contributed by atoms with Crippen molar-refractivity contribution in [2.75, 3.05) is 19.5 Å². The quantitative estimate of drug-likeness (QED) is 0.654. The second-order valence-electron chi connectivity index (χ2n) is 6.52. The lowest BCUT2D eigenvalue weighted by atomic mass is 10.1. The molecule has 160 valence electrons. The Morgan fingerprint density at radius 3 is 2.53 bits per heavy atom. The summed E-state index contributed by atoms with van der Waals surface area (Å²) in [5, 5.41) is 6.27. The van der Waals surface area contributed by atoms with E-state index in [1.165, 1.54) is 14.2 Å². The van der Waals surface area contributed by atoms with Crippen molar-refractivity contribution in [1.29, 1.82) is 0 Å². The van der Waals surface area contributed by atoms with Gasteiger partial charge in [0.1, 0.15) is 11.5 Å². The lowest BCUT2D eigenvalue weighted by molar-refractivity contribution is -0.144. The topological polar surface area (TPSA) is 90.6 Å². The molecule has 0 unspecified atom stereocenters. The van der Waals surface area contributed by atoms with E-state index in [4.69, 9.17) is 9.47 Å². The van der Waals surface area contributed by atoms with E-state index in [1.807, 2.05) is 0 Å². The number of ether oxygens (including phenoxy) is 2. The Labute approximate surface area is 170 Å². The molecule has 11 heteroatoms. The minimum atomic E-state index is -4.66. The number of carbonyl (C=O) groups is 1. The lowest BCUT2D eigenvalue weighted by Gasteiger charge is -2.13. The van der Waals surface area contributed by atoms with E-state index in [2.05, 4.69) is 20.4 Å². The molecular weight excluding hydrogens is 403 g/mol. The first-order valence-electron chi connectivity index (χ1n) is 8.96. The van der Waals surface area contributed by atoms with Gasteiger partial charge < -0.3 is 14.8 Å². The van der Waals surface area contributed by atoms with Crippen LogP contribution in [0.2, 0.25) is 0 Å². The molecule has 0 spiro atoms. The fourth-order valence-electron chi connectivity index (χ4n) is 3.05. The van der Waals surface area contributed by atoms with Gasteiger partial charge >= 0.3 is 6.18 Å². The maximum atomic E-state index is 12.9. The Morgan fingerprint density at radius 2 is 1.90 bits per heavy atom. The van der Waals surface area contributed by atoms with Crippen LogP contribution >= 0.6 is 0 Å². The molecule has 1 N–H and O–H groups in total. The third-order valence-electron chi connectivity index (χ3n) is 4.59. The second-order valence-corrected chi connectivity index (χ2v) is 6.52. The van der Waals surface area contributed by atoms with Crippen molar-refractivity contribution in [1.82, 2.24) is 19.6 Å². The highest BCUT2D eigenvalue weighted by molar-refractivity contribution is 5.92. The minimum Gasteiger partial charge on any atom is -0.497 e. The Bertz CT molecular complexity index is 1100. The van der Waals surface area contributed by atoms with Crippen LogP contribution in [0.15, 0.2) is 18.2 Å². The number of methoxy groups -OCH3 is 2. The van der Waals surface area contributed by atoms with Gasteiger partial charge in [0.05, 0.1) is 19.9 Å². The minimum absolute atomic E-state index is 0.0794. The molecule has 2 aromatic heterocycles. The molecule has 3 aromatic rings. The van der Waals surface area contributed by atoms with Crippen molar-refractivity contribution in [2.45, 2.75) is 32.9 Å². The predicted octanol–water partition coefficient (Wildman–Crippen LogP) is 3.35. The summed E-state index contributed by atoms with van der Waals surface area (Å²) in [6.45, 7) is 3.28. The summed E-state index contributed by atoms with van der Waals surface area (Å²) < 4.78 is 50.1. The number of nitrogens with one attached hydrogen (secondary N) is 1. The molecular formula is C19H20F3N5O3. The van der Waals surface area contributed by atoms with Crippen LogP contribution in [0.25, 0.3) is 5.78 Å². The summed E-state index contributed by atoms with van der Waals surface area (Å²) in [4.78, 5) is 20.0. The van der Waals surface area contributed by atoms with Crippen molar-refractivity contribution in [3.63, 3.8) is 0 Å². The number of fused-ring (bicyclic) bond motifs is 1. The maximum absolute atomic E-state index is 12.9. The normalized spacial score (nSPS) is 11.6. The molecule has 0 radical (unpaired) electrons. The molecule has 0 aliphatic heterocycles. The summed E-state index contributed by atoms with van der Waals surface area (Å²) in [6, 6.07) is 5.01. The molecule has 2 heterocycles. The SMILES string of the molecule is COc1ccc(OC)c(NC(=O)CCc2c(C)nc3nc(C(F)(F)F)nn3c2C)c1. The van der Waals surface area contributed by atoms with Crippen molar-refractivity contribution in [3.05, 3.63) is 41.0 Å². The zero-order chi connectivity index (χ0) is 22.1. The van der Waals surface area contributed by atoms with Crippen LogP contribution < -0.4 is 14.8 Å². The van der Waals surface area contributed by atoms with Gasteiger partial charge in [-0.25, -0.2) is 9.50 Å². The van der Waals surface area contributed by atoms with Gasteiger partial charge in [-0.3, -0.25) is 4.79 Å². The highest BCUT2D eigenvalue weighted by Gasteiger charge is 2.37. The Balaban J connectivity index is 1.79. The molecule has 0 atom stereocenters. The first-order valence-corrected chi connectivity index (χ1v) is 8.96. The first kappa shape index (κ1) is 21.3. The van der Waals surface area contributed by atoms with E-state index in [0.29, 0.717) is 34.1 Å². The average molecular weight is 423 g/mol. The van der Waals surface area contributed by atoms with Gasteiger partial charge in [-0.2, -0.15) is 18.2 Å². The van der Waals surface area contributed by atoms with Crippen LogP contribution in [0.4, 0.5) is 18.9 Å². The summed E-state index contributed by atoms with van der Waals surface area (Å²) in [7, 11) is 2.99. The summed E-state index contributed by atoms with van der Waals surface area (Å²) in [5.41, 5.74) is 2.03. The number of halogens is 3. The third kappa shape index (κ3) is 4.29. The number of aryl methyl sites for hydroxylation is 2. The Hall–Kier alpha value is -3.37. The molecule has 1 amide bonds. The number of carbonyl (C=O) groups excluding carboxylic acids is 1. The van der Waals surface area contributed by atoms with Crippen LogP contribution in [0.1, 0.15) is 29.2 Å². The zero-order valence-corrected chi connectivity index (χ0v) is 16.8. The fraction of sp³-hybridized carbons (Fsp3) is 0.368. The van der Waals surface area contributed by atoms with Crippen LogP contribution in [0.5, 0.6) is 11.5 Å². The number of rotatable bonds is 6. The van der Waals surface area contributed by atoms with Crippen LogP contribution in [-0.4, -0.2) is 39.7 Å². The summed E-state index contributed by atoms with van der Waals surface area (Å²) in [6.07, 6.45) is -4.32. The third-order valence-corrected chi connectivity index (χ3v) is 4.59. The number of benzene rings is 1. The van der Waals surface area contributed by atoms with Gasteiger partial charge in [0, 0.05) is 23.9 Å². The number of hydrogen-bond donors (Lipinski definition) is 1. The second kappa shape index (κ2) is 8.17. The molecule has 8 nitrogen and oxygen atoms in total. The van der Waals surface area contributed by atoms with Crippen molar-refractivity contribution in [2.24, 2.45) is 0 Å². The van der Waals surface area contributed by atoms with E-state index in [1.54, 1.807) is 32.0 Å². The molecule has 0 aliphatic carbocycles. The maximum Gasteiger partial charge on any atom is 0.453 e. The van der Waals surface area contributed by atoms with E-state index in [-0.39, 0.29) is 24.5 Å². The molecule has 0 saturated carbocycles. The van der Waals surface area contributed by atoms with Gasteiger partial charge in [-0.1, -0.05) is 0 Å².